The Bertz CT molecular complexity index is 1750. The quantitative estimate of drug-likeness (QED) is 0.165. The number of H-pyrrole nitrogens is 1. The van der Waals surface area contributed by atoms with E-state index in [0.717, 1.165) is 54.0 Å². The molecule has 41 heavy (non-hydrogen) atoms. The Morgan fingerprint density at radius 3 is 2.71 bits per heavy atom. The fourth-order valence-electron chi connectivity index (χ4n) is 4.59. The van der Waals surface area contributed by atoms with Crippen LogP contribution in [0.5, 0.6) is 11.6 Å². The number of hydrogen-bond acceptors (Lipinski definition) is 9. The number of nitrogen functional groups attached to an aromatic ring is 1. The van der Waals surface area contributed by atoms with Crippen LogP contribution in [-0.2, 0) is 4.74 Å². The van der Waals surface area contributed by atoms with E-state index in [0.29, 0.717) is 11.4 Å². The van der Waals surface area contributed by atoms with E-state index in [9.17, 15) is 9.18 Å². The summed E-state index contributed by atoms with van der Waals surface area (Å²) >= 11 is 1.55. The third kappa shape index (κ3) is 5.49. The standard InChI is InChI=1S/C29H28FN7O3S/c1-17-11-19-13-24(34-23(19)14-22(17)35-41-36-7-9-39-10-8-36)28(38)20-15-33-37(29(20)31)25-16-32-27(12-18(25)2)40-26-6-4-3-5-21(26)30/h3-6,11-16,34-35H,7-10,31H2,1-2H3. The third-order valence-corrected chi connectivity index (χ3v) is 7.79. The van der Waals surface area contributed by atoms with Crippen molar-refractivity contribution in [1.29, 1.82) is 0 Å². The fourth-order valence-corrected chi connectivity index (χ4v) is 5.37. The van der Waals surface area contributed by atoms with Crippen LogP contribution in [0.15, 0.2) is 60.9 Å². The molecule has 2 aromatic carbocycles. The molecule has 0 spiro atoms. The van der Waals surface area contributed by atoms with Crippen molar-refractivity contribution < 1.29 is 18.7 Å². The number of pyridine rings is 1. The summed E-state index contributed by atoms with van der Waals surface area (Å²) in [7, 11) is 0. The third-order valence-electron chi connectivity index (χ3n) is 6.85. The molecule has 0 unspecified atom stereocenters. The number of aromatic nitrogens is 4. The summed E-state index contributed by atoms with van der Waals surface area (Å²) in [6.07, 6.45) is 2.97. The number of aryl methyl sites for hydroxylation is 2. The molecule has 0 saturated carbocycles. The van der Waals surface area contributed by atoms with Gasteiger partial charge in [-0.3, -0.25) is 4.79 Å². The Hall–Kier alpha value is -4.39. The highest BCUT2D eigenvalue weighted by Gasteiger charge is 2.21. The van der Waals surface area contributed by atoms with Gasteiger partial charge in [-0.05, 0) is 55.3 Å². The van der Waals surface area contributed by atoms with Crippen LogP contribution in [0.4, 0.5) is 15.9 Å². The van der Waals surface area contributed by atoms with Crippen LogP contribution in [0.3, 0.4) is 0 Å². The van der Waals surface area contributed by atoms with Crippen molar-refractivity contribution in [3.05, 3.63) is 89.1 Å². The van der Waals surface area contributed by atoms with Gasteiger partial charge in [0.15, 0.2) is 11.6 Å². The van der Waals surface area contributed by atoms with E-state index < -0.39 is 5.82 Å². The molecule has 4 N–H and O–H groups in total. The molecule has 5 aromatic rings. The van der Waals surface area contributed by atoms with Crippen molar-refractivity contribution >= 4 is 40.3 Å². The number of carbonyl (C=O) groups is 1. The number of nitrogens with two attached hydrogens (primary N) is 1. The molecule has 10 nitrogen and oxygen atoms in total. The maximum atomic E-state index is 14.0. The second-order valence-corrected chi connectivity index (χ2v) is 10.6. The van der Waals surface area contributed by atoms with Gasteiger partial charge in [0.05, 0.1) is 48.2 Å². The number of aromatic amines is 1. The molecule has 210 valence electrons. The maximum absolute atomic E-state index is 14.0. The van der Waals surface area contributed by atoms with Gasteiger partial charge in [-0.15, -0.1) is 0 Å². The number of para-hydroxylation sites is 1. The largest absolute Gasteiger partial charge is 0.436 e. The van der Waals surface area contributed by atoms with E-state index in [-0.39, 0.29) is 28.8 Å². The van der Waals surface area contributed by atoms with Crippen LogP contribution >= 0.6 is 12.1 Å². The normalized spacial score (nSPS) is 13.9. The van der Waals surface area contributed by atoms with Crippen LogP contribution < -0.4 is 15.2 Å². The predicted octanol–water partition coefficient (Wildman–Crippen LogP) is 5.42. The molecule has 12 heteroatoms. The molecule has 6 rings (SSSR count). The predicted molar refractivity (Wildman–Crippen MR) is 157 cm³/mol. The molecule has 1 aliphatic heterocycles. The number of fused-ring (bicyclic) bond motifs is 1. The summed E-state index contributed by atoms with van der Waals surface area (Å²) in [6.45, 7) is 7.02. The Labute approximate surface area is 239 Å². The topological polar surface area (TPSA) is 123 Å². The summed E-state index contributed by atoms with van der Waals surface area (Å²) in [4.78, 5) is 21.0. The molecule has 0 radical (unpaired) electrons. The molecule has 4 heterocycles. The van der Waals surface area contributed by atoms with E-state index in [1.54, 1.807) is 30.3 Å². The van der Waals surface area contributed by atoms with Gasteiger partial charge in [-0.2, -0.15) is 5.10 Å². The van der Waals surface area contributed by atoms with Gasteiger partial charge in [0.25, 0.3) is 0 Å². The fraction of sp³-hybridized carbons (Fsp3) is 0.207. The van der Waals surface area contributed by atoms with Crippen LogP contribution in [0.2, 0.25) is 0 Å². The van der Waals surface area contributed by atoms with Gasteiger partial charge in [-0.1, -0.05) is 12.1 Å². The van der Waals surface area contributed by atoms with Crippen LogP contribution in [0, 0.1) is 19.7 Å². The second kappa shape index (κ2) is 11.2. The van der Waals surface area contributed by atoms with Crippen molar-refractivity contribution in [3.63, 3.8) is 0 Å². The number of nitrogens with zero attached hydrogens (tertiary/aromatic N) is 4. The van der Waals surface area contributed by atoms with Crippen molar-refractivity contribution in [2.24, 2.45) is 0 Å². The van der Waals surface area contributed by atoms with Crippen molar-refractivity contribution in [3.8, 4) is 17.3 Å². The number of rotatable bonds is 8. The highest BCUT2D eigenvalue weighted by Crippen LogP contribution is 2.30. The first kappa shape index (κ1) is 26.8. The molecule has 0 aliphatic carbocycles. The number of hydrogen-bond donors (Lipinski definition) is 3. The minimum atomic E-state index is -0.484. The molecule has 1 saturated heterocycles. The van der Waals surface area contributed by atoms with Crippen LogP contribution in [0.1, 0.15) is 27.2 Å². The molecule has 0 bridgehead atoms. The van der Waals surface area contributed by atoms with E-state index in [4.69, 9.17) is 15.2 Å². The molecule has 1 fully saturated rings. The van der Waals surface area contributed by atoms with Gasteiger partial charge in [0.1, 0.15) is 5.82 Å². The number of nitrogens with one attached hydrogen (secondary N) is 2. The van der Waals surface area contributed by atoms with Crippen molar-refractivity contribution in [2.75, 3.05) is 36.8 Å². The Balaban J connectivity index is 1.21. The smallest absolute Gasteiger partial charge is 0.219 e. The summed E-state index contributed by atoms with van der Waals surface area (Å²) in [6, 6.07) is 13.6. The molecule has 0 atom stereocenters. The lowest BCUT2D eigenvalue weighted by Gasteiger charge is -2.25. The Morgan fingerprint density at radius 1 is 1.12 bits per heavy atom. The van der Waals surface area contributed by atoms with E-state index >= 15 is 0 Å². The lowest BCUT2D eigenvalue weighted by atomic mass is 10.1. The number of ketones is 1. The number of benzene rings is 2. The Morgan fingerprint density at radius 2 is 1.93 bits per heavy atom. The number of halogens is 1. The van der Waals surface area contributed by atoms with Crippen LogP contribution in [-0.4, -0.2) is 56.1 Å². The van der Waals surface area contributed by atoms with Gasteiger partial charge in [0, 0.05) is 42.2 Å². The lowest BCUT2D eigenvalue weighted by molar-refractivity contribution is 0.0775. The minimum Gasteiger partial charge on any atom is -0.436 e. The second-order valence-electron chi connectivity index (χ2n) is 9.70. The summed E-state index contributed by atoms with van der Waals surface area (Å²) < 4.78 is 32.1. The zero-order chi connectivity index (χ0) is 28.5. The Kier molecular flexibility index (Phi) is 7.35. The first-order valence-corrected chi connectivity index (χ1v) is 13.8. The van der Waals surface area contributed by atoms with Gasteiger partial charge < -0.3 is 24.9 Å². The minimum absolute atomic E-state index is 0.0749. The lowest BCUT2D eigenvalue weighted by Crippen LogP contribution is -2.32. The van der Waals surface area contributed by atoms with E-state index in [2.05, 4.69) is 24.1 Å². The highest BCUT2D eigenvalue weighted by molar-refractivity contribution is 7.98. The molecule has 0 amide bonds. The van der Waals surface area contributed by atoms with Gasteiger partial charge in [-0.25, -0.2) is 18.4 Å². The van der Waals surface area contributed by atoms with Crippen molar-refractivity contribution in [2.45, 2.75) is 13.8 Å². The molecule has 1 aliphatic rings. The molecule has 3 aromatic heterocycles. The van der Waals surface area contributed by atoms with E-state index in [1.165, 1.54) is 29.2 Å². The average molecular weight is 574 g/mol. The first-order valence-electron chi connectivity index (χ1n) is 13.0. The SMILES string of the molecule is Cc1cc2cc(C(=O)c3cnn(-c4cnc(Oc5ccccc5F)cc4C)c3N)[nH]c2cc1NSN1CCOCC1. The number of carbonyl (C=O) groups excluding carboxylic acids is 1. The monoisotopic (exact) mass is 573 g/mol. The summed E-state index contributed by atoms with van der Waals surface area (Å²) in [5.41, 5.74) is 11.2. The first-order chi connectivity index (χ1) is 19.9. The van der Waals surface area contributed by atoms with Gasteiger partial charge >= 0.3 is 0 Å². The summed E-state index contributed by atoms with van der Waals surface area (Å²) in [5.74, 6) is -0.274. The zero-order valence-corrected chi connectivity index (χ0v) is 23.3. The summed E-state index contributed by atoms with van der Waals surface area (Å²) in [5, 5.41) is 5.28. The molecular formula is C29H28FN7O3S. The number of ether oxygens (including phenoxy) is 2. The zero-order valence-electron chi connectivity index (χ0n) is 22.5. The van der Waals surface area contributed by atoms with Gasteiger partial charge in [0.2, 0.25) is 11.7 Å². The van der Waals surface area contributed by atoms with Crippen molar-refractivity contribution in [1.82, 2.24) is 24.1 Å². The van der Waals surface area contributed by atoms with Crippen LogP contribution in [0.25, 0.3) is 16.6 Å². The molecular weight excluding hydrogens is 545 g/mol. The average Bonchev–Trinajstić information content (AvgIpc) is 3.56. The van der Waals surface area contributed by atoms with E-state index in [1.807, 2.05) is 32.0 Å². The maximum Gasteiger partial charge on any atom is 0.219 e. The highest BCUT2D eigenvalue weighted by atomic mass is 32.2. The number of anilines is 2. The number of morpholine rings is 1.